The highest BCUT2D eigenvalue weighted by Crippen LogP contribution is 2.34. The van der Waals surface area contributed by atoms with Gasteiger partial charge in [0.25, 0.3) is 0 Å². The average molecular weight is 364 g/mol. The monoisotopic (exact) mass is 364 g/mol. The normalized spacial score (nSPS) is 17.2. The summed E-state index contributed by atoms with van der Waals surface area (Å²) in [5.74, 6) is 2.20. The minimum Gasteiger partial charge on any atom is -0.497 e. The maximum Gasteiger partial charge on any atom is 0.185 e. The number of hydrogen-bond donors (Lipinski definition) is 0. The number of methoxy groups -OCH3 is 3. The second-order valence-electron chi connectivity index (χ2n) is 6.38. The van der Waals surface area contributed by atoms with E-state index in [2.05, 4.69) is 0 Å². The van der Waals surface area contributed by atoms with Crippen LogP contribution in [0.3, 0.4) is 0 Å². The Morgan fingerprint density at radius 1 is 0.815 bits per heavy atom. The molecule has 2 aromatic rings. The maximum atomic E-state index is 13.0. The first kappa shape index (κ1) is 18.8. The molecule has 4 heteroatoms. The molecule has 27 heavy (non-hydrogen) atoms. The Hall–Kier alpha value is -3.01. The quantitative estimate of drug-likeness (QED) is 0.706. The highest BCUT2D eigenvalue weighted by atomic mass is 16.5. The van der Waals surface area contributed by atoms with E-state index in [1.54, 1.807) is 21.3 Å². The number of benzene rings is 2. The number of hydrogen-bond acceptors (Lipinski definition) is 4. The van der Waals surface area contributed by atoms with E-state index < -0.39 is 0 Å². The summed E-state index contributed by atoms with van der Waals surface area (Å²) in [7, 11) is 4.86. The predicted octanol–water partition coefficient (Wildman–Crippen LogP) is 4.93. The van der Waals surface area contributed by atoms with Crippen molar-refractivity contribution in [1.29, 1.82) is 0 Å². The molecule has 0 N–H and O–H groups in total. The minimum atomic E-state index is 0.0990. The van der Waals surface area contributed by atoms with Gasteiger partial charge in [0.1, 0.15) is 5.75 Å². The van der Waals surface area contributed by atoms with Crippen LogP contribution in [0.15, 0.2) is 53.6 Å². The van der Waals surface area contributed by atoms with Crippen molar-refractivity contribution in [3.05, 3.63) is 64.7 Å². The van der Waals surface area contributed by atoms with Crippen molar-refractivity contribution in [3.8, 4) is 17.2 Å². The fraction of sp³-hybridized carbons (Fsp3) is 0.261. The SMILES string of the molecule is COc1ccc(/C=C2\CCC/C(=C\c3cccc(OC)c3OC)C2=O)cc1. The molecule has 4 nitrogen and oxygen atoms in total. The van der Waals surface area contributed by atoms with Crippen LogP contribution in [0.5, 0.6) is 17.2 Å². The van der Waals surface area contributed by atoms with Crippen LogP contribution in [0.2, 0.25) is 0 Å². The Balaban J connectivity index is 1.90. The summed E-state index contributed by atoms with van der Waals surface area (Å²) >= 11 is 0. The van der Waals surface area contributed by atoms with Gasteiger partial charge in [0.05, 0.1) is 21.3 Å². The summed E-state index contributed by atoms with van der Waals surface area (Å²) in [5, 5.41) is 0. The molecule has 3 rings (SSSR count). The van der Waals surface area contributed by atoms with Gasteiger partial charge in [-0.1, -0.05) is 24.3 Å². The van der Waals surface area contributed by atoms with Gasteiger partial charge < -0.3 is 14.2 Å². The summed E-state index contributed by atoms with van der Waals surface area (Å²) in [6.45, 7) is 0. The van der Waals surface area contributed by atoms with Crippen LogP contribution in [0.4, 0.5) is 0 Å². The number of carbonyl (C=O) groups is 1. The van der Waals surface area contributed by atoms with Crippen LogP contribution >= 0.6 is 0 Å². The first-order valence-corrected chi connectivity index (χ1v) is 8.97. The fourth-order valence-electron chi connectivity index (χ4n) is 3.29. The molecule has 0 heterocycles. The lowest BCUT2D eigenvalue weighted by atomic mass is 9.86. The Morgan fingerprint density at radius 3 is 2.15 bits per heavy atom. The van der Waals surface area contributed by atoms with Gasteiger partial charge >= 0.3 is 0 Å². The number of rotatable bonds is 5. The van der Waals surface area contributed by atoms with Crippen molar-refractivity contribution in [1.82, 2.24) is 0 Å². The highest BCUT2D eigenvalue weighted by Gasteiger charge is 2.21. The molecular weight excluding hydrogens is 340 g/mol. The standard InChI is InChI=1S/C23H24O4/c1-25-20-12-10-16(11-13-20)14-17-6-4-7-18(22(17)24)15-19-8-5-9-21(26-2)23(19)27-3/h5,8-15H,4,6-7H2,1-3H3/b17-14+,18-15+. The van der Waals surface area contributed by atoms with E-state index in [1.807, 2.05) is 54.6 Å². The lowest BCUT2D eigenvalue weighted by Crippen LogP contribution is -2.12. The van der Waals surface area contributed by atoms with Crippen molar-refractivity contribution in [3.63, 3.8) is 0 Å². The largest absolute Gasteiger partial charge is 0.497 e. The van der Waals surface area contributed by atoms with Crippen molar-refractivity contribution in [2.24, 2.45) is 0 Å². The van der Waals surface area contributed by atoms with Crippen LogP contribution in [0, 0.1) is 0 Å². The Morgan fingerprint density at radius 2 is 1.52 bits per heavy atom. The number of para-hydroxylation sites is 1. The Bertz CT molecular complexity index is 876. The molecule has 0 amide bonds. The third-order valence-electron chi connectivity index (χ3n) is 4.70. The molecule has 1 saturated carbocycles. The Labute approximate surface area is 160 Å². The predicted molar refractivity (Wildman–Crippen MR) is 107 cm³/mol. The third-order valence-corrected chi connectivity index (χ3v) is 4.70. The summed E-state index contributed by atoms with van der Waals surface area (Å²) < 4.78 is 16.0. The molecule has 0 bridgehead atoms. The van der Waals surface area contributed by atoms with Crippen molar-refractivity contribution in [2.75, 3.05) is 21.3 Å². The van der Waals surface area contributed by atoms with Gasteiger partial charge in [-0.3, -0.25) is 4.79 Å². The van der Waals surface area contributed by atoms with Crippen LogP contribution in [-0.2, 0) is 4.79 Å². The molecule has 1 fully saturated rings. The number of allylic oxidation sites excluding steroid dienone is 2. The zero-order chi connectivity index (χ0) is 19.2. The lowest BCUT2D eigenvalue weighted by molar-refractivity contribution is -0.112. The van der Waals surface area contributed by atoms with Gasteiger partial charge in [0.15, 0.2) is 17.3 Å². The smallest absolute Gasteiger partial charge is 0.185 e. The van der Waals surface area contributed by atoms with Crippen LogP contribution in [-0.4, -0.2) is 27.1 Å². The van der Waals surface area contributed by atoms with Crippen LogP contribution in [0.1, 0.15) is 30.4 Å². The van der Waals surface area contributed by atoms with Crippen molar-refractivity contribution in [2.45, 2.75) is 19.3 Å². The van der Waals surface area contributed by atoms with E-state index in [0.29, 0.717) is 11.5 Å². The molecule has 0 aromatic heterocycles. The molecule has 1 aliphatic carbocycles. The molecular formula is C23H24O4. The molecule has 0 radical (unpaired) electrons. The van der Waals surface area contributed by atoms with Gasteiger partial charge in [-0.05, 0) is 55.2 Å². The maximum absolute atomic E-state index is 13.0. The summed E-state index contributed by atoms with van der Waals surface area (Å²) in [4.78, 5) is 13.0. The molecule has 0 atom stereocenters. The van der Waals surface area contributed by atoms with Gasteiger partial charge in [-0.15, -0.1) is 0 Å². The fourth-order valence-corrected chi connectivity index (χ4v) is 3.29. The molecule has 0 unspecified atom stereocenters. The first-order chi connectivity index (χ1) is 13.2. The van der Waals surface area contributed by atoms with Crippen LogP contribution in [0.25, 0.3) is 12.2 Å². The molecule has 0 aliphatic heterocycles. The average Bonchev–Trinajstić information content (AvgIpc) is 2.71. The van der Waals surface area contributed by atoms with E-state index in [0.717, 1.165) is 47.3 Å². The van der Waals surface area contributed by atoms with E-state index in [1.165, 1.54) is 0 Å². The molecule has 1 aliphatic rings. The zero-order valence-corrected chi connectivity index (χ0v) is 16.0. The molecule has 2 aromatic carbocycles. The number of ether oxygens (including phenoxy) is 3. The van der Waals surface area contributed by atoms with Gasteiger partial charge in [-0.25, -0.2) is 0 Å². The van der Waals surface area contributed by atoms with Crippen molar-refractivity contribution >= 4 is 17.9 Å². The van der Waals surface area contributed by atoms with Gasteiger partial charge in [0, 0.05) is 16.7 Å². The summed E-state index contributed by atoms with van der Waals surface area (Å²) in [6, 6.07) is 13.4. The van der Waals surface area contributed by atoms with E-state index >= 15 is 0 Å². The number of Topliss-reactive ketones (excluding diaryl/α,β-unsaturated/α-hetero) is 1. The van der Waals surface area contributed by atoms with Gasteiger partial charge in [-0.2, -0.15) is 0 Å². The van der Waals surface area contributed by atoms with Crippen molar-refractivity contribution < 1.29 is 19.0 Å². The number of ketones is 1. The van der Waals surface area contributed by atoms with E-state index in [4.69, 9.17) is 14.2 Å². The molecule has 140 valence electrons. The highest BCUT2D eigenvalue weighted by molar-refractivity contribution is 6.14. The van der Waals surface area contributed by atoms with Gasteiger partial charge in [0.2, 0.25) is 0 Å². The Kier molecular flexibility index (Phi) is 5.97. The third kappa shape index (κ3) is 4.22. The minimum absolute atomic E-state index is 0.0990. The molecule has 0 spiro atoms. The lowest BCUT2D eigenvalue weighted by Gasteiger charge is -2.17. The second kappa shape index (κ2) is 8.58. The first-order valence-electron chi connectivity index (χ1n) is 8.97. The van der Waals surface area contributed by atoms with E-state index in [9.17, 15) is 4.79 Å². The van der Waals surface area contributed by atoms with Crippen LogP contribution < -0.4 is 14.2 Å². The summed E-state index contributed by atoms with van der Waals surface area (Å²) in [5.41, 5.74) is 3.48. The molecule has 0 saturated heterocycles. The zero-order valence-electron chi connectivity index (χ0n) is 16.0. The second-order valence-corrected chi connectivity index (χ2v) is 6.38. The number of carbonyl (C=O) groups excluding carboxylic acids is 1. The van der Waals surface area contributed by atoms with E-state index in [-0.39, 0.29) is 5.78 Å². The summed E-state index contributed by atoms with van der Waals surface area (Å²) in [6.07, 6.45) is 6.39. The topological polar surface area (TPSA) is 44.8 Å².